The third-order valence-corrected chi connectivity index (χ3v) is 5.13. The number of carboxylic acid groups (broad SMARTS) is 1. The topological polar surface area (TPSA) is 111 Å². The number of para-hydroxylation sites is 1. The van der Waals surface area contributed by atoms with Gasteiger partial charge in [-0.25, -0.2) is 10.2 Å². The van der Waals surface area contributed by atoms with E-state index in [1.807, 2.05) is 43.3 Å². The van der Waals surface area contributed by atoms with Gasteiger partial charge in [0.1, 0.15) is 5.75 Å². The van der Waals surface area contributed by atoms with Crippen LogP contribution in [0.5, 0.6) is 5.75 Å². The second-order valence-corrected chi connectivity index (χ2v) is 7.82. The fourth-order valence-electron chi connectivity index (χ4n) is 3.25. The molecule has 0 bridgehead atoms. The molecule has 9 nitrogen and oxygen atoms in total. The number of benzene rings is 2. The number of halogens is 1. The number of piperazine rings is 1. The van der Waals surface area contributed by atoms with Crippen molar-refractivity contribution in [3.05, 3.63) is 59.6 Å². The molecule has 1 heterocycles. The van der Waals surface area contributed by atoms with Gasteiger partial charge in [-0.1, -0.05) is 41.0 Å². The van der Waals surface area contributed by atoms with Gasteiger partial charge >= 0.3 is 12.0 Å². The SMILES string of the molecule is CCN(NC(N)=O)Oc1ccccc1.O=C(O)CCCN1CCN(c2cccc(Cl)c2)CC1. The normalized spacial score (nSPS) is 13.7. The van der Waals surface area contributed by atoms with Gasteiger partial charge < -0.3 is 20.6 Å². The minimum absolute atomic E-state index is 0.258. The Labute approximate surface area is 199 Å². The molecule has 0 radical (unpaired) electrons. The van der Waals surface area contributed by atoms with Crippen LogP contribution in [-0.2, 0) is 4.79 Å². The number of hydrogen-bond donors (Lipinski definition) is 3. The largest absolute Gasteiger partial charge is 0.481 e. The Morgan fingerprint density at radius 3 is 2.39 bits per heavy atom. The molecule has 10 heteroatoms. The van der Waals surface area contributed by atoms with Gasteiger partial charge in [0.25, 0.3) is 0 Å². The first-order chi connectivity index (χ1) is 15.9. The zero-order chi connectivity index (χ0) is 24.1. The number of hydrogen-bond acceptors (Lipinski definition) is 6. The summed E-state index contributed by atoms with van der Waals surface area (Å²) in [5.41, 5.74) is 8.44. The molecule has 1 aliphatic heterocycles. The van der Waals surface area contributed by atoms with E-state index in [1.54, 1.807) is 12.1 Å². The third-order valence-electron chi connectivity index (χ3n) is 4.89. The molecule has 33 heavy (non-hydrogen) atoms. The predicted octanol–water partition coefficient (Wildman–Crippen LogP) is 3.21. The van der Waals surface area contributed by atoms with Gasteiger partial charge in [0.15, 0.2) is 0 Å². The Morgan fingerprint density at radius 1 is 1.12 bits per heavy atom. The quantitative estimate of drug-likeness (QED) is 0.475. The predicted molar refractivity (Wildman–Crippen MR) is 129 cm³/mol. The summed E-state index contributed by atoms with van der Waals surface area (Å²) in [5.74, 6) is -0.0688. The molecule has 0 spiro atoms. The summed E-state index contributed by atoms with van der Waals surface area (Å²) in [6.07, 6.45) is 0.987. The van der Waals surface area contributed by atoms with Crippen molar-refractivity contribution in [2.24, 2.45) is 5.73 Å². The van der Waals surface area contributed by atoms with Gasteiger partial charge in [0, 0.05) is 43.3 Å². The number of aliphatic carboxylic acids is 1. The first-order valence-electron chi connectivity index (χ1n) is 10.9. The van der Waals surface area contributed by atoms with E-state index in [-0.39, 0.29) is 6.42 Å². The third kappa shape index (κ3) is 10.4. The van der Waals surface area contributed by atoms with Gasteiger partial charge in [-0.3, -0.25) is 9.69 Å². The average Bonchev–Trinajstić information content (AvgIpc) is 2.80. The molecule has 3 rings (SSSR count). The number of hydrazine groups is 1. The first-order valence-corrected chi connectivity index (χ1v) is 11.3. The van der Waals surface area contributed by atoms with Crippen LogP contribution < -0.4 is 20.9 Å². The van der Waals surface area contributed by atoms with Crippen LogP contribution in [0.15, 0.2) is 54.6 Å². The number of amides is 2. The lowest BCUT2D eigenvalue weighted by Crippen LogP contribution is -2.46. The second kappa shape index (κ2) is 14.2. The maximum absolute atomic E-state index is 10.5. The number of urea groups is 1. The summed E-state index contributed by atoms with van der Waals surface area (Å²) in [7, 11) is 0. The molecule has 1 aliphatic rings. The van der Waals surface area contributed by atoms with Crippen LogP contribution in [0.1, 0.15) is 19.8 Å². The van der Waals surface area contributed by atoms with Crippen molar-refractivity contribution >= 4 is 29.3 Å². The Bertz CT molecular complexity index is 863. The van der Waals surface area contributed by atoms with Crippen LogP contribution in [-0.4, -0.2) is 66.4 Å². The lowest BCUT2D eigenvalue weighted by atomic mass is 10.2. The van der Waals surface area contributed by atoms with E-state index in [2.05, 4.69) is 21.3 Å². The molecule has 0 atom stereocenters. The molecule has 2 aromatic carbocycles. The summed E-state index contributed by atoms with van der Waals surface area (Å²) < 4.78 is 0. The van der Waals surface area contributed by atoms with E-state index in [1.165, 1.54) is 5.17 Å². The molecule has 0 aliphatic carbocycles. The lowest BCUT2D eigenvalue weighted by Gasteiger charge is -2.36. The van der Waals surface area contributed by atoms with Crippen LogP contribution in [0, 0.1) is 0 Å². The fourth-order valence-corrected chi connectivity index (χ4v) is 3.44. The highest BCUT2D eigenvalue weighted by Crippen LogP contribution is 2.20. The molecule has 4 N–H and O–H groups in total. The van der Waals surface area contributed by atoms with E-state index in [9.17, 15) is 9.59 Å². The Kier molecular flexibility index (Phi) is 11.3. The minimum Gasteiger partial charge on any atom is -0.481 e. The van der Waals surface area contributed by atoms with Crippen molar-refractivity contribution in [2.75, 3.05) is 44.2 Å². The molecule has 1 saturated heterocycles. The van der Waals surface area contributed by atoms with Gasteiger partial charge in [-0.15, -0.1) is 0 Å². The van der Waals surface area contributed by atoms with Gasteiger partial charge in [0.2, 0.25) is 0 Å². The summed E-state index contributed by atoms with van der Waals surface area (Å²) >= 11 is 6.00. The Hall–Kier alpha value is -3.01. The maximum atomic E-state index is 10.5. The summed E-state index contributed by atoms with van der Waals surface area (Å²) in [5, 5.41) is 10.6. The molecule has 2 aromatic rings. The first kappa shape index (κ1) is 26.2. The van der Waals surface area contributed by atoms with Crippen molar-refractivity contribution in [3.63, 3.8) is 0 Å². The highest BCUT2D eigenvalue weighted by molar-refractivity contribution is 6.30. The summed E-state index contributed by atoms with van der Waals surface area (Å²) in [6, 6.07) is 16.4. The van der Waals surface area contributed by atoms with Crippen molar-refractivity contribution in [1.82, 2.24) is 15.5 Å². The molecule has 180 valence electrons. The fraction of sp³-hybridized carbons (Fsp3) is 0.391. The van der Waals surface area contributed by atoms with Crippen LogP contribution >= 0.6 is 11.6 Å². The van der Waals surface area contributed by atoms with Crippen molar-refractivity contribution in [3.8, 4) is 5.75 Å². The number of nitrogens with one attached hydrogen (secondary N) is 1. The minimum atomic E-state index is -0.711. The van der Waals surface area contributed by atoms with Crippen LogP contribution in [0.4, 0.5) is 10.5 Å². The number of hydroxylamine groups is 1. The van der Waals surface area contributed by atoms with E-state index in [0.29, 0.717) is 12.3 Å². The second-order valence-electron chi connectivity index (χ2n) is 7.38. The molecule has 0 saturated carbocycles. The number of carboxylic acids is 1. The molecular weight excluding hydrogens is 446 g/mol. The average molecular weight is 478 g/mol. The number of rotatable bonds is 9. The monoisotopic (exact) mass is 477 g/mol. The number of carbonyl (C=O) groups excluding carboxylic acids is 1. The number of nitrogens with two attached hydrogens (primary N) is 1. The highest BCUT2D eigenvalue weighted by Gasteiger charge is 2.17. The van der Waals surface area contributed by atoms with Gasteiger partial charge in [0.05, 0.1) is 6.54 Å². The Balaban J connectivity index is 0.000000245. The standard InChI is InChI=1S/C14H19ClN2O2.C9H13N3O2/c15-12-3-1-4-13(11-12)17-9-7-16(8-10-17)6-2-5-14(18)19;1-2-12(11-9(10)13)14-8-6-4-3-5-7-8/h1,3-4,11H,2,5-10H2,(H,18,19);3-7H,2H2,1H3,(H3,10,11,13). The van der Waals surface area contributed by atoms with E-state index >= 15 is 0 Å². The number of nitrogens with zero attached hydrogens (tertiary/aromatic N) is 3. The van der Waals surface area contributed by atoms with Crippen molar-refractivity contribution in [2.45, 2.75) is 19.8 Å². The van der Waals surface area contributed by atoms with E-state index in [4.69, 9.17) is 27.3 Å². The molecule has 2 amide bonds. The molecular formula is C23H32ClN5O4. The van der Waals surface area contributed by atoms with Crippen LogP contribution in [0.3, 0.4) is 0 Å². The number of anilines is 1. The van der Waals surface area contributed by atoms with E-state index < -0.39 is 12.0 Å². The van der Waals surface area contributed by atoms with Gasteiger partial charge in [-0.05, 0) is 50.2 Å². The maximum Gasteiger partial charge on any atom is 0.329 e. The van der Waals surface area contributed by atoms with Crippen molar-refractivity contribution < 1.29 is 19.5 Å². The molecule has 1 fully saturated rings. The summed E-state index contributed by atoms with van der Waals surface area (Å²) in [4.78, 5) is 31.0. The van der Waals surface area contributed by atoms with Gasteiger partial charge in [-0.2, -0.15) is 0 Å². The van der Waals surface area contributed by atoms with Crippen molar-refractivity contribution in [1.29, 1.82) is 0 Å². The number of carbonyl (C=O) groups is 2. The Morgan fingerprint density at radius 2 is 1.82 bits per heavy atom. The van der Waals surface area contributed by atoms with Crippen LogP contribution in [0.2, 0.25) is 5.02 Å². The van der Waals surface area contributed by atoms with Crippen LogP contribution in [0.25, 0.3) is 0 Å². The zero-order valence-electron chi connectivity index (χ0n) is 18.8. The molecule has 0 aromatic heterocycles. The van der Waals surface area contributed by atoms with E-state index in [0.717, 1.165) is 49.9 Å². The summed E-state index contributed by atoms with van der Waals surface area (Å²) in [6.45, 7) is 7.09. The number of primary amides is 1. The highest BCUT2D eigenvalue weighted by atomic mass is 35.5. The smallest absolute Gasteiger partial charge is 0.329 e. The lowest BCUT2D eigenvalue weighted by molar-refractivity contribution is -0.137. The molecule has 0 unspecified atom stereocenters. The zero-order valence-corrected chi connectivity index (χ0v) is 19.6.